The van der Waals surface area contributed by atoms with Gasteiger partial charge in [0.25, 0.3) is 0 Å². The van der Waals surface area contributed by atoms with E-state index in [9.17, 15) is 5.11 Å². The summed E-state index contributed by atoms with van der Waals surface area (Å²) in [5, 5.41) is 13.1. The Morgan fingerprint density at radius 1 is 0.750 bits per heavy atom. The molecular formula is C26H31NO5. The van der Waals surface area contributed by atoms with E-state index in [0.717, 1.165) is 53.6 Å². The minimum atomic E-state index is -0.153. The number of hydrogen-bond acceptors (Lipinski definition) is 6. The number of nitrogens with zero attached hydrogens (tertiary/aromatic N) is 1. The molecule has 1 saturated heterocycles. The fourth-order valence-corrected chi connectivity index (χ4v) is 4.75. The van der Waals surface area contributed by atoms with E-state index in [-0.39, 0.29) is 11.8 Å². The zero-order chi connectivity index (χ0) is 22.7. The molecule has 1 N–H and O–H groups in total. The van der Waals surface area contributed by atoms with Crippen molar-refractivity contribution in [1.82, 2.24) is 4.90 Å². The number of aromatic hydroxyl groups is 1. The van der Waals surface area contributed by atoms with Crippen LogP contribution in [-0.2, 0) is 0 Å². The summed E-state index contributed by atoms with van der Waals surface area (Å²) < 4.78 is 22.3. The number of benzene rings is 3. The van der Waals surface area contributed by atoms with E-state index < -0.39 is 0 Å². The smallest absolute Gasteiger partial charge is 0.203 e. The molecule has 0 bridgehead atoms. The van der Waals surface area contributed by atoms with Crippen molar-refractivity contribution in [3.05, 3.63) is 53.6 Å². The van der Waals surface area contributed by atoms with Gasteiger partial charge in [-0.25, -0.2) is 0 Å². The van der Waals surface area contributed by atoms with Gasteiger partial charge < -0.3 is 24.1 Å². The van der Waals surface area contributed by atoms with Crippen molar-refractivity contribution in [1.29, 1.82) is 0 Å². The molecule has 6 nitrogen and oxygen atoms in total. The monoisotopic (exact) mass is 437 g/mol. The van der Waals surface area contributed by atoms with Gasteiger partial charge in [0.1, 0.15) is 11.5 Å². The van der Waals surface area contributed by atoms with Crippen LogP contribution in [0.3, 0.4) is 0 Å². The van der Waals surface area contributed by atoms with Gasteiger partial charge in [-0.1, -0.05) is 30.7 Å². The summed E-state index contributed by atoms with van der Waals surface area (Å²) in [7, 11) is 6.49. The third-order valence-corrected chi connectivity index (χ3v) is 6.30. The lowest BCUT2D eigenvalue weighted by Gasteiger charge is -2.36. The van der Waals surface area contributed by atoms with Crippen LogP contribution in [0, 0.1) is 0 Å². The van der Waals surface area contributed by atoms with Crippen LogP contribution in [0.25, 0.3) is 10.8 Å². The van der Waals surface area contributed by atoms with E-state index in [2.05, 4.69) is 4.90 Å². The van der Waals surface area contributed by atoms with Gasteiger partial charge >= 0.3 is 0 Å². The lowest BCUT2D eigenvalue weighted by Crippen LogP contribution is -2.34. The first kappa shape index (κ1) is 22.1. The maximum absolute atomic E-state index is 11.4. The number of methoxy groups -OCH3 is 4. The standard InChI is InChI=1S/C26H31NO5/c1-29-21-10-8-9-19-18(21)11-12-20(25(19)28)24(27-13-6-5-7-14-27)17-15-22(30-2)26(32-4)23(16-17)31-3/h8-12,15-16,24,28H,5-7,13-14H2,1-4H3/t24-/m1/s1. The number of ether oxygens (including phenoxy) is 4. The van der Waals surface area contributed by atoms with Crippen LogP contribution in [0.5, 0.6) is 28.7 Å². The van der Waals surface area contributed by atoms with E-state index >= 15 is 0 Å². The molecule has 4 rings (SSSR count). The topological polar surface area (TPSA) is 60.4 Å². The highest BCUT2D eigenvalue weighted by atomic mass is 16.5. The van der Waals surface area contributed by atoms with Gasteiger partial charge in [-0.2, -0.15) is 0 Å². The van der Waals surface area contributed by atoms with Crippen molar-refractivity contribution in [2.45, 2.75) is 25.3 Å². The zero-order valence-electron chi connectivity index (χ0n) is 19.2. The summed E-state index contributed by atoms with van der Waals surface area (Å²) in [5.41, 5.74) is 1.83. The maximum atomic E-state index is 11.4. The number of rotatable bonds is 7. The van der Waals surface area contributed by atoms with Crippen LogP contribution in [0.2, 0.25) is 0 Å². The Labute approximate surface area is 189 Å². The molecule has 1 aliphatic heterocycles. The second-order valence-electron chi connectivity index (χ2n) is 8.02. The maximum Gasteiger partial charge on any atom is 0.203 e. The fourth-order valence-electron chi connectivity index (χ4n) is 4.75. The highest BCUT2D eigenvalue weighted by Crippen LogP contribution is 2.46. The zero-order valence-corrected chi connectivity index (χ0v) is 19.2. The summed E-state index contributed by atoms with van der Waals surface area (Å²) in [6.45, 7) is 1.91. The molecule has 1 atom stereocenters. The van der Waals surface area contributed by atoms with Crippen molar-refractivity contribution in [2.75, 3.05) is 41.5 Å². The van der Waals surface area contributed by atoms with Gasteiger partial charge in [-0.15, -0.1) is 0 Å². The molecule has 1 fully saturated rings. The Morgan fingerprint density at radius 2 is 1.41 bits per heavy atom. The van der Waals surface area contributed by atoms with Crippen LogP contribution in [0.4, 0.5) is 0 Å². The second-order valence-corrected chi connectivity index (χ2v) is 8.02. The average Bonchev–Trinajstić information content (AvgIpc) is 2.85. The first-order chi connectivity index (χ1) is 15.6. The van der Waals surface area contributed by atoms with E-state index in [1.54, 1.807) is 28.4 Å². The first-order valence-corrected chi connectivity index (χ1v) is 11.0. The number of fused-ring (bicyclic) bond motifs is 1. The van der Waals surface area contributed by atoms with Crippen LogP contribution >= 0.6 is 0 Å². The first-order valence-electron chi connectivity index (χ1n) is 11.0. The lowest BCUT2D eigenvalue weighted by molar-refractivity contribution is 0.184. The number of phenolic OH excluding ortho intramolecular Hbond substituents is 1. The second kappa shape index (κ2) is 9.57. The molecule has 170 valence electrons. The van der Waals surface area contributed by atoms with Crippen molar-refractivity contribution < 1.29 is 24.1 Å². The largest absolute Gasteiger partial charge is 0.507 e. The molecule has 0 spiro atoms. The Kier molecular flexibility index (Phi) is 6.61. The summed E-state index contributed by atoms with van der Waals surface area (Å²) in [4.78, 5) is 2.42. The molecule has 3 aromatic carbocycles. The highest BCUT2D eigenvalue weighted by Gasteiger charge is 2.29. The normalized spacial score (nSPS) is 15.4. The van der Waals surface area contributed by atoms with Gasteiger partial charge in [0, 0.05) is 16.3 Å². The van der Waals surface area contributed by atoms with E-state index in [0.29, 0.717) is 17.2 Å². The van der Waals surface area contributed by atoms with Crippen LogP contribution in [-0.4, -0.2) is 51.5 Å². The molecule has 0 saturated carbocycles. The van der Waals surface area contributed by atoms with Crippen LogP contribution < -0.4 is 18.9 Å². The predicted molar refractivity (Wildman–Crippen MR) is 126 cm³/mol. The van der Waals surface area contributed by atoms with Gasteiger partial charge in [-0.3, -0.25) is 4.90 Å². The van der Waals surface area contributed by atoms with Crippen molar-refractivity contribution in [2.24, 2.45) is 0 Å². The fraction of sp³-hybridized carbons (Fsp3) is 0.385. The van der Waals surface area contributed by atoms with Crippen LogP contribution in [0.1, 0.15) is 36.4 Å². The third-order valence-electron chi connectivity index (χ3n) is 6.30. The molecule has 0 radical (unpaired) electrons. The minimum Gasteiger partial charge on any atom is -0.507 e. The SMILES string of the molecule is COc1cc([C@H](c2ccc3c(OC)cccc3c2O)N2CCCCC2)cc(OC)c1OC. The summed E-state index contributed by atoms with van der Waals surface area (Å²) in [6, 6.07) is 13.6. The van der Waals surface area contributed by atoms with Crippen molar-refractivity contribution >= 4 is 10.8 Å². The van der Waals surface area contributed by atoms with E-state index in [4.69, 9.17) is 18.9 Å². The van der Waals surface area contributed by atoms with Gasteiger partial charge in [0.05, 0.1) is 34.5 Å². The minimum absolute atomic E-state index is 0.153. The summed E-state index contributed by atoms with van der Waals surface area (Å²) in [6.07, 6.45) is 3.48. The molecule has 0 amide bonds. The number of likely N-dealkylation sites (tertiary alicyclic amines) is 1. The van der Waals surface area contributed by atoms with Crippen molar-refractivity contribution in [3.63, 3.8) is 0 Å². The number of phenols is 1. The molecule has 1 heterocycles. The number of hydrogen-bond donors (Lipinski definition) is 1. The molecule has 1 aliphatic rings. The van der Waals surface area contributed by atoms with Crippen molar-refractivity contribution in [3.8, 4) is 28.7 Å². The number of piperidine rings is 1. The van der Waals surface area contributed by atoms with Gasteiger partial charge in [0.2, 0.25) is 5.75 Å². The average molecular weight is 438 g/mol. The molecule has 0 unspecified atom stereocenters. The summed E-state index contributed by atoms with van der Waals surface area (Å²) in [5.74, 6) is 2.78. The Morgan fingerprint density at radius 3 is 2.00 bits per heavy atom. The predicted octanol–water partition coefficient (Wildman–Crippen LogP) is 5.16. The highest BCUT2D eigenvalue weighted by molar-refractivity contribution is 5.94. The quantitative estimate of drug-likeness (QED) is 0.551. The Bertz CT molecular complexity index is 1070. The van der Waals surface area contributed by atoms with Gasteiger partial charge in [0.15, 0.2) is 11.5 Å². The summed E-state index contributed by atoms with van der Waals surface area (Å²) >= 11 is 0. The molecule has 6 heteroatoms. The van der Waals surface area contributed by atoms with E-state index in [1.165, 1.54) is 6.42 Å². The third kappa shape index (κ3) is 3.91. The molecule has 32 heavy (non-hydrogen) atoms. The van der Waals surface area contributed by atoms with Crippen LogP contribution in [0.15, 0.2) is 42.5 Å². The molecule has 0 aliphatic carbocycles. The van der Waals surface area contributed by atoms with E-state index in [1.807, 2.05) is 42.5 Å². The lowest BCUT2D eigenvalue weighted by atomic mass is 9.91. The van der Waals surface area contributed by atoms with Gasteiger partial charge in [-0.05, 0) is 49.7 Å². The molecule has 3 aromatic rings. The molecule has 0 aromatic heterocycles. The molecular weight excluding hydrogens is 406 g/mol. The Balaban J connectivity index is 1.92. The Hall–Kier alpha value is -3.12.